The topological polar surface area (TPSA) is 131 Å². The fourth-order valence-electron chi connectivity index (χ4n) is 2.62. The fraction of sp³-hybridized carbons (Fsp3) is 0.619. The predicted molar refractivity (Wildman–Crippen MR) is 119 cm³/mol. The fourth-order valence-corrected chi connectivity index (χ4v) is 3.91. The SMILES string of the molecule is CCOC(=O)N(COCCCS(=O)(=O)N[C@H](C)c1ccc(F)c(OCC(C)C)c1)CC(=O)O. The van der Waals surface area contributed by atoms with Gasteiger partial charge in [0.1, 0.15) is 13.3 Å². The van der Waals surface area contributed by atoms with E-state index in [2.05, 4.69) is 4.72 Å². The lowest BCUT2D eigenvalue weighted by Crippen LogP contribution is -2.38. The number of hydrogen-bond donors (Lipinski definition) is 2. The number of carbonyl (C=O) groups is 2. The van der Waals surface area contributed by atoms with E-state index in [1.165, 1.54) is 18.2 Å². The van der Waals surface area contributed by atoms with E-state index < -0.39 is 40.5 Å². The highest BCUT2D eigenvalue weighted by atomic mass is 32.2. The Balaban J connectivity index is 2.55. The number of halogens is 1. The molecule has 0 unspecified atom stereocenters. The summed E-state index contributed by atoms with van der Waals surface area (Å²) >= 11 is 0. The van der Waals surface area contributed by atoms with E-state index >= 15 is 0 Å². The minimum atomic E-state index is -3.69. The molecule has 2 N–H and O–H groups in total. The van der Waals surface area contributed by atoms with Gasteiger partial charge < -0.3 is 19.3 Å². The molecule has 0 aliphatic rings. The molecule has 0 saturated carbocycles. The Labute approximate surface area is 194 Å². The summed E-state index contributed by atoms with van der Waals surface area (Å²) in [5.74, 6) is -1.74. The van der Waals surface area contributed by atoms with E-state index in [1.807, 2.05) is 13.8 Å². The third kappa shape index (κ3) is 11.3. The second-order valence-corrected chi connectivity index (χ2v) is 9.61. The number of amides is 1. The van der Waals surface area contributed by atoms with Crippen LogP contribution < -0.4 is 9.46 Å². The van der Waals surface area contributed by atoms with Crippen LogP contribution in [0.5, 0.6) is 5.75 Å². The van der Waals surface area contributed by atoms with Crippen molar-refractivity contribution >= 4 is 22.1 Å². The second kappa shape index (κ2) is 14.0. The molecule has 1 rings (SSSR count). The van der Waals surface area contributed by atoms with Gasteiger partial charge in [0, 0.05) is 12.6 Å². The monoisotopic (exact) mass is 492 g/mol. The van der Waals surface area contributed by atoms with Crippen LogP contribution in [0.3, 0.4) is 0 Å². The van der Waals surface area contributed by atoms with Crippen molar-refractivity contribution in [3.8, 4) is 5.75 Å². The molecule has 0 aliphatic heterocycles. The first-order valence-electron chi connectivity index (χ1n) is 10.6. The minimum Gasteiger partial charge on any atom is -0.490 e. The molecule has 0 aromatic heterocycles. The van der Waals surface area contributed by atoms with E-state index in [9.17, 15) is 22.4 Å². The van der Waals surface area contributed by atoms with Gasteiger partial charge in [-0.05, 0) is 43.9 Å². The first-order chi connectivity index (χ1) is 15.4. The van der Waals surface area contributed by atoms with Crippen molar-refractivity contribution in [3.05, 3.63) is 29.6 Å². The van der Waals surface area contributed by atoms with Gasteiger partial charge >= 0.3 is 12.1 Å². The largest absolute Gasteiger partial charge is 0.490 e. The molecule has 0 spiro atoms. The summed E-state index contributed by atoms with van der Waals surface area (Å²) in [6, 6.07) is 3.57. The van der Waals surface area contributed by atoms with Crippen molar-refractivity contribution in [2.24, 2.45) is 5.92 Å². The van der Waals surface area contributed by atoms with Crippen LogP contribution >= 0.6 is 0 Å². The van der Waals surface area contributed by atoms with Gasteiger partial charge in [0.2, 0.25) is 10.0 Å². The molecule has 1 aromatic rings. The Bertz CT molecular complexity index is 879. The number of rotatable bonds is 15. The van der Waals surface area contributed by atoms with Crippen LogP contribution in [-0.2, 0) is 24.3 Å². The van der Waals surface area contributed by atoms with Crippen molar-refractivity contribution in [1.82, 2.24) is 9.62 Å². The van der Waals surface area contributed by atoms with E-state index in [4.69, 9.17) is 19.3 Å². The highest BCUT2D eigenvalue weighted by molar-refractivity contribution is 7.89. The number of nitrogens with zero attached hydrogens (tertiary/aromatic N) is 1. The van der Waals surface area contributed by atoms with Gasteiger partial charge in [-0.15, -0.1) is 0 Å². The van der Waals surface area contributed by atoms with Crippen molar-refractivity contribution in [2.45, 2.75) is 40.2 Å². The molecule has 1 amide bonds. The molecule has 0 saturated heterocycles. The lowest BCUT2D eigenvalue weighted by atomic mass is 10.1. The molecule has 0 bridgehead atoms. The quantitative estimate of drug-likeness (QED) is 0.282. The molecule has 0 fully saturated rings. The Kier molecular flexibility index (Phi) is 12.1. The predicted octanol–water partition coefficient (Wildman–Crippen LogP) is 2.75. The van der Waals surface area contributed by atoms with Gasteiger partial charge in [-0.2, -0.15) is 0 Å². The number of benzene rings is 1. The van der Waals surface area contributed by atoms with E-state index in [0.29, 0.717) is 12.2 Å². The summed E-state index contributed by atoms with van der Waals surface area (Å²) < 4.78 is 56.7. The average molecular weight is 493 g/mol. The lowest BCUT2D eigenvalue weighted by Gasteiger charge is -2.20. The molecule has 12 heteroatoms. The van der Waals surface area contributed by atoms with Crippen molar-refractivity contribution in [3.63, 3.8) is 0 Å². The molecule has 33 heavy (non-hydrogen) atoms. The van der Waals surface area contributed by atoms with Gasteiger partial charge in [0.15, 0.2) is 11.6 Å². The standard InChI is InChI=1S/C21H33FN2O8S/c1-5-31-21(27)24(12-20(25)26)14-30-9-6-10-33(28,29)23-16(4)17-7-8-18(22)19(11-17)32-13-15(2)3/h7-8,11,15-16,23H,5-6,9-10,12-14H2,1-4H3,(H,25,26)/t16-/m1/s1. The van der Waals surface area contributed by atoms with Gasteiger partial charge in [-0.25, -0.2) is 22.3 Å². The number of nitrogens with one attached hydrogen (secondary N) is 1. The Morgan fingerprint density at radius 2 is 1.94 bits per heavy atom. The summed E-state index contributed by atoms with van der Waals surface area (Å²) in [5, 5.41) is 8.85. The van der Waals surface area contributed by atoms with E-state index in [0.717, 1.165) is 4.90 Å². The summed E-state index contributed by atoms with van der Waals surface area (Å²) in [6.07, 6.45) is -0.725. The molecule has 10 nitrogen and oxygen atoms in total. The Morgan fingerprint density at radius 3 is 2.55 bits per heavy atom. The molecular weight excluding hydrogens is 459 g/mol. The van der Waals surface area contributed by atoms with Gasteiger partial charge in [-0.1, -0.05) is 19.9 Å². The molecular formula is C21H33FN2O8S. The van der Waals surface area contributed by atoms with Crippen LogP contribution in [0.1, 0.15) is 45.7 Å². The number of carboxylic acid groups (broad SMARTS) is 1. The Hall–Kier alpha value is -2.44. The van der Waals surface area contributed by atoms with E-state index in [1.54, 1.807) is 13.8 Å². The average Bonchev–Trinajstić information content (AvgIpc) is 2.71. The third-order valence-corrected chi connectivity index (χ3v) is 5.72. The zero-order valence-electron chi connectivity index (χ0n) is 19.4. The van der Waals surface area contributed by atoms with Crippen LogP contribution in [0, 0.1) is 11.7 Å². The number of carboxylic acids is 1. The van der Waals surface area contributed by atoms with Crippen LogP contribution in [0.4, 0.5) is 9.18 Å². The molecule has 0 radical (unpaired) electrons. The number of aliphatic carboxylic acids is 1. The summed E-state index contributed by atoms with van der Waals surface area (Å²) in [7, 11) is -3.69. The van der Waals surface area contributed by atoms with E-state index in [-0.39, 0.29) is 43.8 Å². The smallest absolute Gasteiger partial charge is 0.412 e. The molecule has 0 aliphatic carbocycles. The lowest BCUT2D eigenvalue weighted by molar-refractivity contribution is -0.139. The maximum absolute atomic E-state index is 13.9. The molecule has 1 atom stereocenters. The number of ether oxygens (including phenoxy) is 3. The van der Waals surface area contributed by atoms with Gasteiger partial charge in [0.25, 0.3) is 0 Å². The number of carbonyl (C=O) groups excluding carboxylic acids is 1. The van der Waals surface area contributed by atoms with Crippen LogP contribution in [-0.4, -0.2) is 69.3 Å². The van der Waals surface area contributed by atoms with Crippen molar-refractivity contribution < 1.29 is 41.7 Å². The summed E-state index contributed by atoms with van der Waals surface area (Å²) in [4.78, 5) is 23.4. The van der Waals surface area contributed by atoms with Crippen LogP contribution in [0.15, 0.2) is 18.2 Å². The first-order valence-corrected chi connectivity index (χ1v) is 12.2. The van der Waals surface area contributed by atoms with Crippen LogP contribution in [0.25, 0.3) is 0 Å². The molecule has 0 heterocycles. The van der Waals surface area contributed by atoms with Crippen molar-refractivity contribution in [2.75, 3.05) is 38.8 Å². The molecule has 188 valence electrons. The maximum atomic E-state index is 13.9. The first kappa shape index (κ1) is 28.6. The van der Waals surface area contributed by atoms with Crippen molar-refractivity contribution in [1.29, 1.82) is 0 Å². The number of sulfonamides is 1. The molecule has 1 aromatic carbocycles. The normalized spacial score (nSPS) is 12.4. The number of hydrogen-bond acceptors (Lipinski definition) is 7. The maximum Gasteiger partial charge on any atom is 0.412 e. The van der Waals surface area contributed by atoms with Gasteiger partial charge in [-0.3, -0.25) is 9.69 Å². The van der Waals surface area contributed by atoms with Gasteiger partial charge in [0.05, 0.1) is 19.0 Å². The highest BCUT2D eigenvalue weighted by Crippen LogP contribution is 2.24. The van der Waals surface area contributed by atoms with Crippen LogP contribution in [0.2, 0.25) is 0 Å². The zero-order chi connectivity index (χ0) is 25.0. The summed E-state index contributed by atoms with van der Waals surface area (Å²) in [6.45, 7) is 6.54. The zero-order valence-corrected chi connectivity index (χ0v) is 20.2. The Morgan fingerprint density at radius 1 is 1.24 bits per heavy atom. The second-order valence-electron chi connectivity index (χ2n) is 7.73. The highest BCUT2D eigenvalue weighted by Gasteiger charge is 2.19. The minimum absolute atomic E-state index is 0.0193. The third-order valence-electron chi connectivity index (χ3n) is 4.18. The summed E-state index contributed by atoms with van der Waals surface area (Å²) in [5.41, 5.74) is 0.550.